The van der Waals surface area contributed by atoms with E-state index in [4.69, 9.17) is 0 Å². The predicted octanol–water partition coefficient (Wildman–Crippen LogP) is 9.87. The SMILES string of the molecule is Oc1ccc(C#Cc2ccc(C#Cc3ccc(O)c4c3C3c5ccccc5C4c4ccccc43)cc2)c2c1C1c3ccccc3C2c2ccccc21. The molecule has 0 saturated heterocycles. The highest BCUT2D eigenvalue weighted by atomic mass is 16.3. The van der Waals surface area contributed by atoms with Crippen LogP contribution in [-0.4, -0.2) is 10.2 Å². The van der Waals surface area contributed by atoms with Crippen LogP contribution in [0, 0.1) is 23.7 Å². The average molecular weight is 663 g/mol. The Kier molecular flexibility index (Phi) is 6.07. The second-order valence-corrected chi connectivity index (χ2v) is 14.2. The summed E-state index contributed by atoms with van der Waals surface area (Å²) in [5, 5.41) is 22.5. The molecule has 4 bridgehead atoms. The standard InChI is InChI=1S/C50H30O2/c51-41-27-25-31(43-45-33-9-1-5-13-37(33)47(49(41)43)38-14-6-2-10-34(38)45)23-21-29-17-19-30(20-18-29)22-24-32-26-28-42(52)50-44(32)46-35-11-3-7-15-39(35)48(50)40-16-8-4-12-36(40)46/h1-20,25-28,45-48,51-52H. The van der Waals surface area contributed by atoms with Gasteiger partial charge in [0.15, 0.2) is 0 Å². The van der Waals surface area contributed by atoms with Gasteiger partial charge in [-0.15, -0.1) is 0 Å². The lowest BCUT2D eigenvalue weighted by Gasteiger charge is -2.42. The maximum absolute atomic E-state index is 11.2. The zero-order valence-electron chi connectivity index (χ0n) is 28.1. The van der Waals surface area contributed by atoms with Gasteiger partial charge in [0.25, 0.3) is 0 Å². The molecule has 0 aromatic heterocycles. The number of benzene rings is 7. The number of phenolic OH excluding ortho intramolecular Hbond substituents is 2. The Morgan fingerprint density at radius 1 is 0.288 bits per heavy atom. The molecule has 2 heteroatoms. The van der Waals surface area contributed by atoms with E-state index in [-0.39, 0.29) is 23.7 Å². The predicted molar refractivity (Wildman–Crippen MR) is 204 cm³/mol. The minimum absolute atomic E-state index is 0.00846. The normalized spacial score (nSPS) is 18.6. The lowest BCUT2D eigenvalue weighted by atomic mass is 9.60. The molecule has 0 radical (unpaired) electrons. The summed E-state index contributed by atoms with van der Waals surface area (Å²) in [5.41, 5.74) is 18.2. The molecule has 0 aliphatic heterocycles. The van der Waals surface area contributed by atoms with Crippen molar-refractivity contribution in [2.45, 2.75) is 23.7 Å². The molecule has 0 spiro atoms. The van der Waals surface area contributed by atoms with Gasteiger partial charge in [0.1, 0.15) is 11.5 Å². The van der Waals surface area contributed by atoms with Gasteiger partial charge >= 0.3 is 0 Å². The number of aromatic hydroxyl groups is 2. The molecule has 52 heavy (non-hydrogen) atoms. The summed E-state index contributed by atoms with van der Waals surface area (Å²) in [7, 11) is 0. The zero-order valence-corrected chi connectivity index (χ0v) is 28.1. The molecule has 0 saturated carbocycles. The van der Waals surface area contributed by atoms with Crippen molar-refractivity contribution in [3.05, 3.63) is 235 Å². The van der Waals surface area contributed by atoms with Gasteiger partial charge < -0.3 is 10.2 Å². The van der Waals surface area contributed by atoms with Crippen molar-refractivity contribution >= 4 is 0 Å². The number of rotatable bonds is 0. The first-order chi connectivity index (χ1) is 25.7. The molecule has 6 aliphatic carbocycles. The first-order valence-electron chi connectivity index (χ1n) is 17.9. The van der Waals surface area contributed by atoms with Gasteiger partial charge in [-0.3, -0.25) is 0 Å². The summed E-state index contributed by atoms with van der Waals surface area (Å²) < 4.78 is 0. The Labute approximate surface area is 302 Å². The van der Waals surface area contributed by atoms with Gasteiger partial charge in [-0.1, -0.05) is 121 Å². The summed E-state index contributed by atoms with van der Waals surface area (Å²) in [6.45, 7) is 0. The quantitative estimate of drug-likeness (QED) is 0.159. The van der Waals surface area contributed by atoms with Gasteiger partial charge in [-0.05, 0) is 104 Å². The Bertz CT molecular complexity index is 2510. The zero-order chi connectivity index (χ0) is 34.5. The maximum Gasteiger partial charge on any atom is 0.120 e. The van der Waals surface area contributed by atoms with Crippen molar-refractivity contribution in [1.29, 1.82) is 0 Å². The van der Waals surface area contributed by atoms with Gasteiger partial charge in [-0.2, -0.15) is 0 Å². The maximum atomic E-state index is 11.2. The van der Waals surface area contributed by atoms with Crippen LogP contribution in [0.15, 0.2) is 146 Å². The van der Waals surface area contributed by atoms with Crippen LogP contribution in [0.25, 0.3) is 0 Å². The molecule has 0 amide bonds. The van der Waals surface area contributed by atoms with Crippen molar-refractivity contribution in [1.82, 2.24) is 0 Å². The summed E-state index contributed by atoms with van der Waals surface area (Å²) in [5.74, 6) is 14.5. The van der Waals surface area contributed by atoms with E-state index in [0.29, 0.717) is 11.5 Å². The van der Waals surface area contributed by atoms with Crippen LogP contribution in [0.2, 0.25) is 0 Å². The smallest absolute Gasteiger partial charge is 0.120 e. The van der Waals surface area contributed by atoms with E-state index < -0.39 is 0 Å². The van der Waals surface area contributed by atoms with Crippen molar-refractivity contribution in [3.8, 4) is 35.2 Å². The molecule has 0 unspecified atom stereocenters. The highest BCUT2D eigenvalue weighted by Crippen LogP contribution is 2.59. The van der Waals surface area contributed by atoms with Crippen LogP contribution in [0.5, 0.6) is 11.5 Å². The van der Waals surface area contributed by atoms with Crippen molar-refractivity contribution in [2.75, 3.05) is 0 Å². The third-order valence-electron chi connectivity index (χ3n) is 11.7. The molecule has 2 N–H and O–H groups in total. The van der Waals surface area contributed by atoms with Gasteiger partial charge in [0, 0.05) is 57.1 Å². The van der Waals surface area contributed by atoms with Crippen molar-refractivity contribution in [2.24, 2.45) is 0 Å². The summed E-state index contributed by atoms with van der Waals surface area (Å²) in [6.07, 6.45) is 0. The summed E-state index contributed by atoms with van der Waals surface area (Å²) in [6, 6.07) is 50.2. The van der Waals surface area contributed by atoms with Crippen LogP contribution >= 0.6 is 0 Å². The number of hydrogen-bond acceptors (Lipinski definition) is 2. The van der Waals surface area contributed by atoms with E-state index in [2.05, 4.69) is 121 Å². The Morgan fingerprint density at radius 3 is 0.846 bits per heavy atom. The van der Waals surface area contributed by atoms with E-state index >= 15 is 0 Å². The largest absolute Gasteiger partial charge is 0.508 e. The highest BCUT2D eigenvalue weighted by molar-refractivity contribution is 5.75. The molecule has 0 fully saturated rings. The third-order valence-corrected chi connectivity index (χ3v) is 11.7. The van der Waals surface area contributed by atoms with Crippen molar-refractivity contribution in [3.63, 3.8) is 0 Å². The molecule has 7 aromatic carbocycles. The van der Waals surface area contributed by atoms with E-state index in [9.17, 15) is 10.2 Å². The third kappa shape index (κ3) is 3.98. The van der Waals surface area contributed by atoms with E-state index in [1.165, 1.54) is 44.5 Å². The fourth-order valence-electron chi connectivity index (χ4n) is 9.67. The fourth-order valence-corrected chi connectivity index (χ4v) is 9.67. The lowest BCUT2D eigenvalue weighted by Crippen LogP contribution is -2.28. The van der Waals surface area contributed by atoms with E-state index in [0.717, 1.165) is 44.5 Å². The minimum atomic E-state index is -0.00846. The second kappa shape index (κ2) is 10.9. The van der Waals surface area contributed by atoms with Crippen LogP contribution < -0.4 is 0 Å². The van der Waals surface area contributed by atoms with Gasteiger partial charge in [0.2, 0.25) is 0 Å². The topological polar surface area (TPSA) is 40.5 Å². The Balaban J connectivity index is 0.942. The molecule has 13 rings (SSSR count). The molecule has 0 heterocycles. The van der Waals surface area contributed by atoms with Crippen molar-refractivity contribution < 1.29 is 10.2 Å². The molecular formula is C50H30O2. The van der Waals surface area contributed by atoms with Crippen LogP contribution in [0.4, 0.5) is 0 Å². The molecule has 242 valence electrons. The molecule has 6 aliphatic rings. The minimum Gasteiger partial charge on any atom is -0.508 e. The van der Waals surface area contributed by atoms with Gasteiger partial charge in [-0.25, -0.2) is 0 Å². The van der Waals surface area contributed by atoms with E-state index in [1.54, 1.807) is 12.1 Å². The number of phenols is 2. The monoisotopic (exact) mass is 662 g/mol. The highest BCUT2D eigenvalue weighted by Gasteiger charge is 2.45. The summed E-state index contributed by atoms with van der Waals surface area (Å²) in [4.78, 5) is 0. The van der Waals surface area contributed by atoms with Crippen LogP contribution in [-0.2, 0) is 0 Å². The van der Waals surface area contributed by atoms with E-state index in [1.807, 2.05) is 36.4 Å². The van der Waals surface area contributed by atoms with Crippen LogP contribution in [0.3, 0.4) is 0 Å². The first-order valence-corrected chi connectivity index (χ1v) is 17.9. The van der Waals surface area contributed by atoms with Gasteiger partial charge in [0.05, 0.1) is 0 Å². The fraction of sp³-hybridized carbons (Fsp3) is 0.0800. The molecular weight excluding hydrogens is 633 g/mol. The number of hydrogen-bond donors (Lipinski definition) is 2. The molecule has 2 nitrogen and oxygen atoms in total. The lowest BCUT2D eigenvalue weighted by molar-refractivity contribution is 0.462. The Morgan fingerprint density at radius 2 is 0.558 bits per heavy atom. The molecule has 0 atom stereocenters. The second-order valence-electron chi connectivity index (χ2n) is 14.2. The molecule has 7 aromatic rings. The first kappa shape index (κ1) is 29.0. The van der Waals surface area contributed by atoms with Crippen LogP contribution in [0.1, 0.15) is 113 Å². The summed E-state index contributed by atoms with van der Waals surface area (Å²) >= 11 is 0. The average Bonchev–Trinajstić information content (AvgIpc) is 3.20. The Hall–Kier alpha value is -6.74.